The van der Waals surface area contributed by atoms with Crippen LogP contribution in [-0.4, -0.2) is 35.1 Å². The SMILES string of the molecule is CC(O)C1CCN(C(=O)C2(Cc3cccc(Cl)c3)CC2)CC1. The molecule has 0 radical (unpaired) electrons. The summed E-state index contributed by atoms with van der Waals surface area (Å²) in [5, 5.41) is 10.4. The Bertz CT molecular complexity index is 546. The van der Waals surface area contributed by atoms with E-state index in [1.54, 1.807) is 0 Å². The quantitative estimate of drug-likeness (QED) is 0.924. The zero-order valence-electron chi connectivity index (χ0n) is 13.1. The van der Waals surface area contributed by atoms with Crippen molar-refractivity contribution in [3.8, 4) is 0 Å². The second kappa shape index (κ2) is 6.21. The fourth-order valence-corrected chi connectivity index (χ4v) is 3.79. The fraction of sp³-hybridized carbons (Fsp3) is 0.611. The van der Waals surface area contributed by atoms with Crippen LogP contribution >= 0.6 is 11.6 Å². The van der Waals surface area contributed by atoms with Gasteiger partial charge in [-0.05, 0) is 62.6 Å². The van der Waals surface area contributed by atoms with E-state index in [-0.39, 0.29) is 11.5 Å². The highest BCUT2D eigenvalue weighted by Gasteiger charge is 2.51. The van der Waals surface area contributed by atoms with Crippen LogP contribution in [0.2, 0.25) is 5.02 Å². The molecule has 1 aromatic rings. The lowest BCUT2D eigenvalue weighted by molar-refractivity contribution is -0.139. The summed E-state index contributed by atoms with van der Waals surface area (Å²) in [4.78, 5) is 14.9. The van der Waals surface area contributed by atoms with Crippen LogP contribution in [0.5, 0.6) is 0 Å². The van der Waals surface area contributed by atoms with Crippen molar-refractivity contribution in [2.75, 3.05) is 13.1 Å². The first-order valence-electron chi connectivity index (χ1n) is 8.22. The normalized spacial score (nSPS) is 22.4. The molecule has 2 aliphatic rings. The molecule has 2 fully saturated rings. The molecule has 0 bridgehead atoms. The Morgan fingerprint density at radius 3 is 2.64 bits per heavy atom. The minimum Gasteiger partial charge on any atom is -0.393 e. The number of aliphatic hydroxyl groups is 1. The number of likely N-dealkylation sites (tertiary alicyclic amines) is 1. The Balaban J connectivity index is 1.62. The van der Waals surface area contributed by atoms with Gasteiger partial charge in [0, 0.05) is 18.1 Å². The summed E-state index contributed by atoms with van der Waals surface area (Å²) in [6.45, 7) is 3.42. The first-order chi connectivity index (χ1) is 10.5. The molecule has 1 saturated heterocycles. The number of benzene rings is 1. The van der Waals surface area contributed by atoms with Crippen LogP contribution in [0, 0.1) is 11.3 Å². The number of nitrogens with zero attached hydrogens (tertiary/aromatic N) is 1. The fourth-order valence-electron chi connectivity index (χ4n) is 3.58. The number of hydrogen-bond acceptors (Lipinski definition) is 2. The minimum atomic E-state index is -0.265. The molecule has 1 saturated carbocycles. The van der Waals surface area contributed by atoms with Gasteiger partial charge in [-0.25, -0.2) is 0 Å². The van der Waals surface area contributed by atoms with Gasteiger partial charge in [-0.15, -0.1) is 0 Å². The summed E-state index contributed by atoms with van der Waals surface area (Å²) in [6, 6.07) is 7.84. The molecule has 22 heavy (non-hydrogen) atoms. The predicted octanol–water partition coefficient (Wildman–Crippen LogP) is 3.28. The smallest absolute Gasteiger partial charge is 0.229 e. The van der Waals surface area contributed by atoms with Crippen LogP contribution in [0.1, 0.15) is 38.2 Å². The van der Waals surface area contributed by atoms with Gasteiger partial charge < -0.3 is 10.0 Å². The van der Waals surface area contributed by atoms with E-state index in [4.69, 9.17) is 11.6 Å². The molecule has 1 heterocycles. The maximum absolute atomic E-state index is 12.9. The van der Waals surface area contributed by atoms with Crippen LogP contribution < -0.4 is 0 Å². The summed E-state index contributed by atoms with van der Waals surface area (Å²) in [6.07, 6.45) is 4.32. The highest BCUT2D eigenvalue weighted by molar-refractivity contribution is 6.30. The van der Waals surface area contributed by atoms with Gasteiger partial charge in [0.05, 0.1) is 11.5 Å². The third-order valence-electron chi connectivity index (χ3n) is 5.25. The number of aliphatic hydroxyl groups excluding tert-OH is 1. The Labute approximate surface area is 137 Å². The summed E-state index contributed by atoms with van der Waals surface area (Å²) in [7, 11) is 0. The molecule has 0 spiro atoms. The average molecular weight is 322 g/mol. The number of carbonyl (C=O) groups excluding carboxylic acids is 1. The molecule has 1 aromatic carbocycles. The molecule has 1 amide bonds. The molecule has 0 aromatic heterocycles. The summed E-state index contributed by atoms with van der Waals surface area (Å²) < 4.78 is 0. The minimum absolute atomic E-state index is 0.192. The van der Waals surface area contributed by atoms with Crippen molar-refractivity contribution >= 4 is 17.5 Å². The van der Waals surface area contributed by atoms with E-state index >= 15 is 0 Å². The van der Waals surface area contributed by atoms with E-state index in [1.165, 1.54) is 0 Å². The molecule has 120 valence electrons. The number of hydrogen-bond donors (Lipinski definition) is 1. The van der Waals surface area contributed by atoms with Gasteiger partial charge in [-0.2, -0.15) is 0 Å². The second-order valence-electron chi connectivity index (χ2n) is 6.96. The van der Waals surface area contributed by atoms with E-state index in [0.717, 1.165) is 55.8 Å². The monoisotopic (exact) mass is 321 g/mol. The zero-order valence-corrected chi connectivity index (χ0v) is 13.9. The van der Waals surface area contributed by atoms with E-state index in [2.05, 4.69) is 6.07 Å². The molecule has 1 atom stereocenters. The van der Waals surface area contributed by atoms with Crippen LogP contribution in [0.4, 0.5) is 0 Å². The Hall–Kier alpha value is -1.06. The van der Waals surface area contributed by atoms with E-state index in [9.17, 15) is 9.90 Å². The summed E-state index contributed by atoms with van der Waals surface area (Å²) >= 11 is 6.05. The summed E-state index contributed by atoms with van der Waals surface area (Å²) in [5.41, 5.74) is 0.958. The van der Waals surface area contributed by atoms with Gasteiger partial charge in [0.2, 0.25) is 5.91 Å². The van der Waals surface area contributed by atoms with Gasteiger partial charge in [0.15, 0.2) is 0 Å². The van der Waals surface area contributed by atoms with Crippen molar-refractivity contribution in [3.05, 3.63) is 34.9 Å². The third kappa shape index (κ3) is 3.31. The molecule has 1 aliphatic carbocycles. The largest absolute Gasteiger partial charge is 0.393 e. The van der Waals surface area contributed by atoms with Crippen LogP contribution in [0.15, 0.2) is 24.3 Å². The Morgan fingerprint density at radius 1 is 1.41 bits per heavy atom. The molecule has 3 rings (SSSR count). The van der Waals surface area contributed by atoms with Gasteiger partial charge >= 0.3 is 0 Å². The highest BCUT2D eigenvalue weighted by atomic mass is 35.5. The molecular formula is C18H24ClNO2. The molecule has 3 nitrogen and oxygen atoms in total. The van der Waals surface area contributed by atoms with Crippen molar-refractivity contribution in [1.29, 1.82) is 0 Å². The van der Waals surface area contributed by atoms with Gasteiger partial charge in [0.1, 0.15) is 0 Å². The zero-order chi connectivity index (χ0) is 15.7. The van der Waals surface area contributed by atoms with Crippen molar-refractivity contribution < 1.29 is 9.90 Å². The predicted molar refractivity (Wildman–Crippen MR) is 87.8 cm³/mol. The molecule has 1 N–H and O–H groups in total. The Kier molecular flexibility index (Phi) is 4.47. The lowest BCUT2D eigenvalue weighted by atomic mass is 9.89. The molecule has 1 aliphatic heterocycles. The summed E-state index contributed by atoms with van der Waals surface area (Å²) in [5.74, 6) is 0.642. The maximum atomic E-state index is 12.9. The number of rotatable bonds is 4. The number of halogens is 1. The third-order valence-corrected chi connectivity index (χ3v) is 5.48. The molecular weight excluding hydrogens is 298 g/mol. The van der Waals surface area contributed by atoms with Crippen LogP contribution in [0.3, 0.4) is 0 Å². The van der Waals surface area contributed by atoms with Crippen molar-refractivity contribution in [2.24, 2.45) is 11.3 Å². The van der Waals surface area contributed by atoms with Crippen LogP contribution in [-0.2, 0) is 11.2 Å². The molecule has 1 unspecified atom stereocenters. The lowest BCUT2D eigenvalue weighted by Gasteiger charge is -2.35. The standard InChI is InChI=1S/C18H24ClNO2/c1-13(21)15-5-9-20(10-6-15)17(22)18(7-8-18)12-14-3-2-4-16(19)11-14/h2-4,11,13,15,21H,5-10,12H2,1H3. The number of amides is 1. The first-order valence-corrected chi connectivity index (χ1v) is 8.60. The first kappa shape index (κ1) is 15.8. The van der Waals surface area contributed by atoms with Crippen molar-refractivity contribution in [1.82, 2.24) is 4.90 Å². The Morgan fingerprint density at radius 2 is 2.09 bits per heavy atom. The van der Waals surface area contributed by atoms with Gasteiger partial charge in [0.25, 0.3) is 0 Å². The topological polar surface area (TPSA) is 40.5 Å². The second-order valence-corrected chi connectivity index (χ2v) is 7.39. The maximum Gasteiger partial charge on any atom is 0.229 e. The average Bonchev–Trinajstić information content (AvgIpc) is 3.27. The van der Waals surface area contributed by atoms with Gasteiger partial charge in [-0.3, -0.25) is 4.79 Å². The van der Waals surface area contributed by atoms with Crippen molar-refractivity contribution in [2.45, 2.75) is 45.1 Å². The highest BCUT2D eigenvalue weighted by Crippen LogP contribution is 2.50. The van der Waals surface area contributed by atoms with Crippen LogP contribution in [0.25, 0.3) is 0 Å². The lowest BCUT2D eigenvalue weighted by Crippen LogP contribution is -2.44. The number of carbonyl (C=O) groups is 1. The number of piperidine rings is 1. The van der Waals surface area contributed by atoms with E-state index < -0.39 is 0 Å². The van der Waals surface area contributed by atoms with Gasteiger partial charge in [-0.1, -0.05) is 23.7 Å². The molecule has 4 heteroatoms. The van der Waals surface area contributed by atoms with E-state index in [0.29, 0.717) is 11.8 Å². The van der Waals surface area contributed by atoms with E-state index in [1.807, 2.05) is 30.0 Å². The van der Waals surface area contributed by atoms with Crippen molar-refractivity contribution in [3.63, 3.8) is 0 Å².